The zero-order valence-electron chi connectivity index (χ0n) is 11.5. The van der Waals surface area contributed by atoms with Crippen molar-refractivity contribution in [2.75, 3.05) is 11.9 Å². The summed E-state index contributed by atoms with van der Waals surface area (Å²) in [6.07, 6.45) is 6.01. The van der Waals surface area contributed by atoms with E-state index in [2.05, 4.69) is 15.3 Å². The van der Waals surface area contributed by atoms with Gasteiger partial charge in [0.25, 0.3) is 0 Å². The number of nitro groups is 1. The molecule has 0 radical (unpaired) electrons. The number of thiophene rings is 1. The molecule has 2 unspecified atom stereocenters. The summed E-state index contributed by atoms with van der Waals surface area (Å²) < 4.78 is 0. The lowest BCUT2D eigenvalue weighted by Gasteiger charge is -2.31. The summed E-state index contributed by atoms with van der Waals surface area (Å²) in [6, 6.07) is 1.82. The highest BCUT2D eigenvalue weighted by Gasteiger charge is 2.25. The Balaban J connectivity index is 1.91. The minimum Gasteiger partial charge on any atom is -0.366 e. The van der Waals surface area contributed by atoms with Crippen molar-refractivity contribution in [3.05, 3.63) is 22.5 Å². The highest BCUT2D eigenvalue weighted by Crippen LogP contribution is 2.34. The Morgan fingerprint density at radius 1 is 1.43 bits per heavy atom. The van der Waals surface area contributed by atoms with Crippen LogP contribution in [0.25, 0.3) is 10.2 Å². The fraction of sp³-hybridized carbons (Fsp3) is 0.538. The summed E-state index contributed by atoms with van der Waals surface area (Å²) in [5, 5.41) is 15.1. The van der Waals surface area contributed by atoms with E-state index in [0.717, 1.165) is 29.6 Å². The summed E-state index contributed by atoms with van der Waals surface area (Å²) in [6.45, 7) is 0.648. The molecule has 0 bridgehead atoms. The first-order valence-electron chi connectivity index (χ1n) is 7.04. The molecule has 2 aromatic heterocycles. The summed E-state index contributed by atoms with van der Waals surface area (Å²) in [5.74, 6) is 1.10. The molecule has 3 N–H and O–H groups in total. The highest BCUT2D eigenvalue weighted by molar-refractivity contribution is 7.21. The molecule has 1 saturated carbocycles. The summed E-state index contributed by atoms with van der Waals surface area (Å²) in [5.41, 5.74) is 5.84. The van der Waals surface area contributed by atoms with Crippen molar-refractivity contribution in [3.63, 3.8) is 0 Å². The molecule has 1 aliphatic carbocycles. The number of nitrogens with one attached hydrogen (secondary N) is 1. The Morgan fingerprint density at radius 3 is 3.00 bits per heavy atom. The van der Waals surface area contributed by atoms with Gasteiger partial charge in [-0.2, -0.15) is 0 Å². The van der Waals surface area contributed by atoms with E-state index in [-0.39, 0.29) is 16.0 Å². The summed E-state index contributed by atoms with van der Waals surface area (Å²) in [7, 11) is 0. The standard InChI is InChI=1S/C13H17N5O2S/c14-6-8-3-1-2-4-10(8)17-12-9-5-11(18(19)20)21-13(9)16-7-15-12/h5,7-8,10H,1-4,6,14H2,(H,15,16,17). The fourth-order valence-electron chi connectivity index (χ4n) is 2.90. The van der Waals surface area contributed by atoms with Crippen LogP contribution in [0.2, 0.25) is 0 Å². The molecule has 7 nitrogen and oxygen atoms in total. The van der Waals surface area contributed by atoms with Crippen LogP contribution in [0.4, 0.5) is 10.8 Å². The van der Waals surface area contributed by atoms with Gasteiger partial charge in [-0.3, -0.25) is 10.1 Å². The van der Waals surface area contributed by atoms with Crippen molar-refractivity contribution >= 4 is 32.4 Å². The number of hydrogen-bond acceptors (Lipinski definition) is 7. The topological polar surface area (TPSA) is 107 Å². The first kappa shape index (κ1) is 14.2. The maximum atomic E-state index is 10.9. The van der Waals surface area contributed by atoms with Gasteiger partial charge in [-0.1, -0.05) is 12.8 Å². The van der Waals surface area contributed by atoms with Crippen molar-refractivity contribution in [1.29, 1.82) is 0 Å². The Kier molecular flexibility index (Phi) is 3.98. The number of fused-ring (bicyclic) bond motifs is 1. The third kappa shape index (κ3) is 2.81. The molecule has 1 aliphatic rings. The second-order valence-corrected chi connectivity index (χ2v) is 6.32. The fourth-order valence-corrected chi connectivity index (χ4v) is 3.72. The van der Waals surface area contributed by atoms with E-state index in [0.29, 0.717) is 23.1 Å². The largest absolute Gasteiger partial charge is 0.366 e. The van der Waals surface area contributed by atoms with Crippen LogP contribution in [-0.2, 0) is 0 Å². The lowest BCUT2D eigenvalue weighted by molar-refractivity contribution is -0.380. The van der Waals surface area contributed by atoms with E-state index >= 15 is 0 Å². The van der Waals surface area contributed by atoms with Crippen LogP contribution in [0.5, 0.6) is 0 Å². The van der Waals surface area contributed by atoms with Gasteiger partial charge >= 0.3 is 5.00 Å². The van der Waals surface area contributed by atoms with E-state index in [9.17, 15) is 10.1 Å². The van der Waals surface area contributed by atoms with E-state index in [1.807, 2.05) is 0 Å². The minimum atomic E-state index is -0.389. The molecule has 2 heterocycles. The number of aromatic nitrogens is 2. The second kappa shape index (κ2) is 5.90. The van der Waals surface area contributed by atoms with Gasteiger partial charge in [0, 0.05) is 12.1 Å². The summed E-state index contributed by atoms with van der Waals surface area (Å²) in [4.78, 5) is 19.5. The molecule has 2 atom stereocenters. The molecule has 1 fully saturated rings. The van der Waals surface area contributed by atoms with Gasteiger partial charge in [0.1, 0.15) is 17.0 Å². The van der Waals surface area contributed by atoms with Gasteiger partial charge in [-0.05, 0) is 36.6 Å². The maximum Gasteiger partial charge on any atom is 0.326 e. The second-order valence-electron chi connectivity index (χ2n) is 5.31. The Hall–Kier alpha value is -1.80. The Labute approximate surface area is 125 Å². The van der Waals surface area contributed by atoms with Crippen LogP contribution in [0, 0.1) is 16.0 Å². The molecule has 0 saturated heterocycles. The first-order chi connectivity index (χ1) is 10.2. The lowest BCUT2D eigenvalue weighted by atomic mass is 9.84. The van der Waals surface area contributed by atoms with Crippen molar-refractivity contribution in [2.24, 2.45) is 11.7 Å². The molecule has 8 heteroatoms. The molecule has 0 aromatic carbocycles. The van der Waals surface area contributed by atoms with Crippen molar-refractivity contribution in [2.45, 2.75) is 31.7 Å². The van der Waals surface area contributed by atoms with E-state index in [1.54, 1.807) is 6.07 Å². The molecular formula is C13H17N5O2S. The number of rotatable bonds is 4. The van der Waals surface area contributed by atoms with Crippen molar-refractivity contribution in [3.8, 4) is 0 Å². The van der Waals surface area contributed by atoms with Gasteiger partial charge in [0.05, 0.1) is 10.3 Å². The summed E-state index contributed by atoms with van der Waals surface area (Å²) >= 11 is 1.07. The molecule has 112 valence electrons. The molecular weight excluding hydrogens is 290 g/mol. The molecule has 0 aliphatic heterocycles. The highest BCUT2D eigenvalue weighted by atomic mass is 32.1. The van der Waals surface area contributed by atoms with Gasteiger partial charge < -0.3 is 11.1 Å². The Bertz CT molecular complexity index is 659. The third-order valence-electron chi connectivity index (χ3n) is 4.03. The van der Waals surface area contributed by atoms with Crippen LogP contribution in [-0.4, -0.2) is 27.5 Å². The number of anilines is 1. The molecule has 2 aromatic rings. The van der Waals surface area contributed by atoms with E-state index < -0.39 is 0 Å². The molecule has 3 rings (SSSR count). The average Bonchev–Trinajstić information content (AvgIpc) is 2.93. The van der Waals surface area contributed by atoms with Crippen LogP contribution < -0.4 is 11.1 Å². The van der Waals surface area contributed by atoms with E-state index in [1.165, 1.54) is 19.2 Å². The average molecular weight is 307 g/mol. The first-order valence-corrected chi connectivity index (χ1v) is 7.86. The van der Waals surface area contributed by atoms with Crippen molar-refractivity contribution in [1.82, 2.24) is 9.97 Å². The number of nitrogens with two attached hydrogens (primary N) is 1. The molecule has 21 heavy (non-hydrogen) atoms. The Morgan fingerprint density at radius 2 is 2.24 bits per heavy atom. The SMILES string of the molecule is NCC1CCCCC1Nc1ncnc2sc([N+](=O)[O-])cc12. The molecule has 0 amide bonds. The minimum absolute atomic E-state index is 0.0903. The lowest BCUT2D eigenvalue weighted by Crippen LogP contribution is -2.37. The predicted octanol–water partition coefficient (Wildman–Crippen LogP) is 2.53. The van der Waals surface area contributed by atoms with Gasteiger partial charge in [0.15, 0.2) is 0 Å². The smallest absolute Gasteiger partial charge is 0.326 e. The molecule has 0 spiro atoms. The number of nitrogens with zero attached hydrogens (tertiary/aromatic N) is 3. The quantitative estimate of drug-likeness (QED) is 0.664. The van der Waals surface area contributed by atoms with Crippen LogP contribution in [0.1, 0.15) is 25.7 Å². The van der Waals surface area contributed by atoms with Crippen LogP contribution in [0.15, 0.2) is 12.4 Å². The van der Waals surface area contributed by atoms with Crippen LogP contribution >= 0.6 is 11.3 Å². The maximum absolute atomic E-state index is 10.9. The zero-order valence-corrected chi connectivity index (χ0v) is 12.3. The zero-order chi connectivity index (χ0) is 14.8. The van der Waals surface area contributed by atoms with Gasteiger partial charge in [-0.25, -0.2) is 9.97 Å². The predicted molar refractivity (Wildman–Crippen MR) is 82.5 cm³/mol. The van der Waals surface area contributed by atoms with Crippen LogP contribution in [0.3, 0.4) is 0 Å². The monoisotopic (exact) mass is 307 g/mol. The normalized spacial score (nSPS) is 22.3. The van der Waals surface area contributed by atoms with Gasteiger partial charge in [0.2, 0.25) is 0 Å². The van der Waals surface area contributed by atoms with E-state index in [4.69, 9.17) is 5.73 Å². The van der Waals surface area contributed by atoms with Crippen molar-refractivity contribution < 1.29 is 4.92 Å². The number of hydrogen-bond donors (Lipinski definition) is 2. The van der Waals surface area contributed by atoms with Gasteiger partial charge in [-0.15, -0.1) is 0 Å². The third-order valence-corrected chi connectivity index (χ3v) is 5.03.